The number of anilines is 1. The van der Waals surface area contributed by atoms with Crippen LogP contribution in [0.2, 0.25) is 0 Å². The number of amides is 2. The predicted molar refractivity (Wildman–Crippen MR) is 116 cm³/mol. The molecule has 0 saturated carbocycles. The van der Waals surface area contributed by atoms with Gasteiger partial charge in [-0.15, -0.1) is 0 Å². The van der Waals surface area contributed by atoms with Crippen molar-refractivity contribution < 1.29 is 9.59 Å². The van der Waals surface area contributed by atoms with Gasteiger partial charge in [0.2, 0.25) is 0 Å². The van der Waals surface area contributed by atoms with Gasteiger partial charge in [-0.2, -0.15) is 0 Å². The second-order valence-corrected chi connectivity index (χ2v) is 8.72. The van der Waals surface area contributed by atoms with Gasteiger partial charge in [-0.1, -0.05) is 70.2 Å². The lowest BCUT2D eigenvalue weighted by Gasteiger charge is -2.14. The van der Waals surface area contributed by atoms with Crippen LogP contribution in [0.25, 0.3) is 5.57 Å². The van der Waals surface area contributed by atoms with E-state index in [9.17, 15) is 9.59 Å². The number of likely N-dealkylation sites (N-methyl/N-ethyl adjacent to an activating group) is 1. The van der Waals surface area contributed by atoms with Gasteiger partial charge in [0.15, 0.2) is 0 Å². The summed E-state index contributed by atoms with van der Waals surface area (Å²) < 4.78 is 1.34. The Bertz CT molecular complexity index is 1000. The molecule has 0 bridgehead atoms. The summed E-state index contributed by atoms with van der Waals surface area (Å²) in [6.45, 7) is 2.87. The fraction of sp³-hybridized carbons (Fsp3) is 0.150. The fourth-order valence-electron chi connectivity index (χ4n) is 3.29. The lowest BCUT2D eigenvalue weighted by atomic mass is 10.1. The third-order valence-electron chi connectivity index (χ3n) is 4.55. The summed E-state index contributed by atoms with van der Waals surface area (Å²) in [7, 11) is 0. The van der Waals surface area contributed by atoms with Gasteiger partial charge in [-0.05, 0) is 30.7 Å². The van der Waals surface area contributed by atoms with Crippen LogP contribution in [0.3, 0.4) is 0 Å². The molecule has 2 aliphatic heterocycles. The Morgan fingerprint density at radius 2 is 1.78 bits per heavy atom. The molecule has 2 heterocycles. The van der Waals surface area contributed by atoms with E-state index in [4.69, 9.17) is 12.2 Å². The van der Waals surface area contributed by atoms with Crippen LogP contribution in [-0.2, 0) is 16.1 Å². The average molecular weight is 459 g/mol. The Hall–Kier alpha value is -1.96. The minimum Gasteiger partial charge on any atom is -0.308 e. The van der Waals surface area contributed by atoms with E-state index in [-0.39, 0.29) is 11.8 Å². The average Bonchev–Trinajstić information content (AvgIpc) is 3.09. The Kier molecular flexibility index (Phi) is 4.92. The molecule has 0 aliphatic carbocycles. The van der Waals surface area contributed by atoms with Gasteiger partial charge in [-0.25, -0.2) is 0 Å². The highest BCUT2D eigenvalue weighted by molar-refractivity contribution is 9.10. The quantitative estimate of drug-likeness (QED) is 0.498. The van der Waals surface area contributed by atoms with Crippen LogP contribution >= 0.6 is 39.9 Å². The molecule has 27 heavy (non-hydrogen) atoms. The molecule has 1 fully saturated rings. The van der Waals surface area contributed by atoms with Crippen LogP contribution in [0, 0.1) is 0 Å². The van der Waals surface area contributed by atoms with Gasteiger partial charge >= 0.3 is 0 Å². The molecular formula is C20H15BrN2O2S2. The van der Waals surface area contributed by atoms with Crippen molar-refractivity contribution in [3.63, 3.8) is 0 Å². The van der Waals surface area contributed by atoms with E-state index in [0.29, 0.717) is 27.9 Å². The first-order valence-electron chi connectivity index (χ1n) is 8.45. The number of fused-ring (bicyclic) bond motifs is 1. The lowest BCUT2D eigenvalue weighted by Crippen LogP contribution is -2.29. The highest BCUT2D eigenvalue weighted by Gasteiger charge is 2.41. The number of thioether (sulfide) groups is 1. The van der Waals surface area contributed by atoms with E-state index in [2.05, 4.69) is 15.9 Å². The minimum absolute atomic E-state index is 0.147. The highest BCUT2D eigenvalue weighted by Crippen LogP contribution is 2.45. The second-order valence-electron chi connectivity index (χ2n) is 6.16. The summed E-state index contributed by atoms with van der Waals surface area (Å²) in [4.78, 5) is 29.8. The van der Waals surface area contributed by atoms with Crippen molar-refractivity contribution in [1.82, 2.24) is 4.90 Å². The van der Waals surface area contributed by atoms with Crippen LogP contribution < -0.4 is 4.90 Å². The first-order chi connectivity index (χ1) is 13.0. The molecule has 2 aromatic carbocycles. The Balaban J connectivity index is 1.77. The van der Waals surface area contributed by atoms with Gasteiger partial charge in [0.05, 0.1) is 22.7 Å². The summed E-state index contributed by atoms with van der Waals surface area (Å²) in [5, 5.41) is 0. The highest BCUT2D eigenvalue weighted by atomic mass is 79.9. The molecule has 0 spiro atoms. The molecule has 2 aliphatic rings. The number of hydrogen-bond donors (Lipinski definition) is 0. The van der Waals surface area contributed by atoms with Crippen LogP contribution in [0.15, 0.2) is 57.9 Å². The maximum absolute atomic E-state index is 13.1. The summed E-state index contributed by atoms with van der Waals surface area (Å²) in [6, 6.07) is 15.4. The minimum atomic E-state index is -0.207. The maximum Gasteiger partial charge on any atom is 0.267 e. The van der Waals surface area contributed by atoms with Crippen molar-refractivity contribution in [2.24, 2.45) is 0 Å². The van der Waals surface area contributed by atoms with Gasteiger partial charge in [-0.3, -0.25) is 14.5 Å². The summed E-state index contributed by atoms with van der Waals surface area (Å²) in [6.07, 6.45) is 0. The number of carbonyl (C=O) groups excluding carboxylic acids is 2. The van der Waals surface area contributed by atoms with E-state index in [0.717, 1.165) is 21.3 Å². The smallest absolute Gasteiger partial charge is 0.267 e. The van der Waals surface area contributed by atoms with Crippen LogP contribution in [0.5, 0.6) is 0 Å². The molecule has 7 heteroatoms. The van der Waals surface area contributed by atoms with Gasteiger partial charge in [0, 0.05) is 16.6 Å². The SMILES string of the molecule is CCN1C(=O)C(=C2SC(=S)N(Cc3ccccc3)C2=O)c2cc(Br)ccc21. The van der Waals surface area contributed by atoms with Crippen molar-refractivity contribution in [3.05, 3.63) is 69.0 Å². The number of nitrogens with zero attached hydrogens (tertiary/aromatic N) is 2. The zero-order valence-electron chi connectivity index (χ0n) is 14.4. The van der Waals surface area contributed by atoms with Crippen LogP contribution in [0.1, 0.15) is 18.1 Å². The number of hydrogen-bond acceptors (Lipinski definition) is 4. The molecule has 4 rings (SSSR count). The molecule has 136 valence electrons. The molecule has 0 unspecified atom stereocenters. The summed E-state index contributed by atoms with van der Waals surface area (Å²) in [5.74, 6) is -0.355. The van der Waals surface area contributed by atoms with Gasteiger partial charge in [0.1, 0.15) is 4.32 Å². The first-order valence-corrected chi connectivity index (χ1v) is 10.5. The number of carbonyl (C=O) groups is 2. The van der Waals surface area contributed by atoms with Crippen LogP contribution in [-0.4, -0.2) is 27.6 Å². The Morgan fingerprint density at radius 1 is 1.04 bits per heavy atom. The van der Waals surface area contributed by atoms with Crippen molar-refractivity contribution in [1.29, 1.82) is 0 Å². The van der Waals surface area contributed by atoms with E-state index < -0.39 is 0 Å². The zero-order chi connectivity index (χ0) is 19.1. The van der Waals surface area contributed by atoms with Gasteiger partial charge in [0.25, 0.3) is 11.8 Å². The molecule has 2 aromatic rings. The topological polar surface area (TPSA) is 40.6 Å². The normalized spacial score (nSPS) is 19.3. The van der Waals surface area contributed by atoms with E-state index in [1.54, 1.807) is 9.80 Å². The molecule has 4 nitrogen and oxygen atoms in total. The second kappa shape index (κ2) is 7.22. The first kappa shape index (κ1) is 18.4. The molecule has 2 amide bonds. The summed E-state index contributed by atoms with van der Waals surface area (Å²) in [5.41, 5.74) is 3.04. The standard InChI is InChI=1S/C20H15BrN2O2S2/c1-2-22-15-9-8-13(21)10-14(15)16(18(22)24)17-19(25)23(20(26)27-17)11-12-6-4-3-5-7-12/h3-10H,2,11H2,1H3. The van der Waals surface area contributed by atoms with E-state index in [1.807, 2.05) is 55.5 Å². The third-order valence-corrected chi connectivity index (χ3v) is 6.50. The van der Waals surface area contributed by atoms with Crippen molar-refractivity contribution in [2.45, 2.75) is 13.5 Å². The molecule has 0 aromatic heterocycles. The van der Waals surface area contributed by atoms with Gasteiger partial charge < -0.3 is 4.90 Å². The maximum atomic E-state index is 13.1. The summed E-state index contributed by atoms with van der Waals surface area (Å²) >= 11 is 10.1. The predicted octanol–water partition coefficient (Wildman–Crippen LogP) is 4.59. The fourth-order valence-corrected chi connectivity index (χ4v) is 4.98. The van der Waals surface area contributed by atoms with Crippen LogP contribution in [0.4, 0.5) is 5.69 Å². The molecule has 1 saturated heterocycles. The molecule has 0 N–H and O–H groups in total. The van der Waals surface area contributed by atoms with E-state index >= 15 is 0 Å². The third kappa shape index (κ3) is 3.13. The lowest BCUT2D eigenvalue weighted by molar-refractivity contribution is -0.122. The number of benzene rings is 2. The van der Waals surface area contributed by atoms with Crippen molar-refractivity contribution in [2.75, 3.05) is 11.4 Å². The number of thiocarbonyl (C=S) groups is 1. The molecule has 0 radical (unpaired) electrons. The number of halogens is 1. The monoisotopic (exact) mass is 458 g/mol. The van der Waals surface area contributed by atoms with Crippen molar-refractivity contribution in [3.8, 4) is 0 Å². The largest absolute Gasteiger partial charge is 0.308 e. The Labute approximate surface area is 175 Å². The van der Waals surface area contributed by atoms with E-state index in [1.165, 1.54) is 11.8 Å². The Morgan fingerprint density at radius 3 is 2.48 bits per heavy atom. The number of rotatable bonds is 3. The zero-order valence-corrected chi connectivity index (χ0v) is 17.7. The molecular weight excluding hydrogens is 444 g/mol. The van der Waals surface area contributed by atoms with Crippen molar-refractivity contribution >= 4 is 67.3 Å². The molecule has 0 atom stereocenters.